The van der Waals surface area contributed by atoms with Gasteiger partial charge in [-0.15, -0.1) is 11.6 Å². The fraction of sp³-hybridized carbons (Fsp3) is 0.0476. The lowest BCUT2D eigenvalue weighted by Crippen LogP contribution is -2.12. The second kappa shape index (κ2) is 7.51. The van der Waals surface area contributed by atoms with Crippen molar-refractivity contribution in [3.05, 3.63) is 72.9 Å². The van der Waals surface area contributed by atoms with Crippen molar-refractivity contribution in [2.24, 2.45) is 0 Å². The number of furan rings is 1. The summed E-state index contributed by atoms with van der Waals surface area (Å²) < 4.78 is 11.9. The number of rotatable bonds is 5. The zero-order valence-electron chi connectivity index (χ0n) is 14.2. The van der Waals surface area contributed by atoms with Crippen molar-refractivity contribution in [1.82, 2.24) is 4.98 Å². The van der Waals surface area contributed by atoms with E-state index in [1.807, 2.05) is 36.4 Å². The number of anilines is 1. The Bertz CT molecular complexity index is 1080. The standard InChI is InChI=1S/C21H15ClN2O3/c22-13-20(25)24-15-6-8-16(9-7-15)26-18-10-11-23-17-12-19(27-21(17)18)14-4-2-1-3-5-14/h1-12H,13H2,(H,24,25). The molecule has 2 heterocycles. The molecule has 0 saturated carbocycles. The quantitative estimate of drug-likeness (QED) is 0.468. The van der Waals surface area contributed by atoms with Gasteiger partial charge in [0.1, 0.15) is 22.9 Å². The smallest absolute Gasteiger partial charge is 0.239 e. The minimum absolute atomic E-state index is 0.0878. The van der Waals surface area contributed by atoms with Crippen LogP contribution in [0.2, 0.25) is 0 Å². The summed E-state index contributed by atoms with van der Waals surface area (Å²) in [5.41, 5.74) is 2.92. The van der Waals surface area contributed by atoms with Crippen LogP contribution in [-0.2, 0) is 4.79 Å². The Kier molecular flexibility index (Phi) is 4.77. The maximum atomic E-state index is 11.3. The van der Waals surface area contributed by atoms with Gasteiger partial charge in [0.15, 0.2) is 11.3 Å². The second-order valence-corrected chi connectivity index (χ2v) is 6.08. The Morgan fingerprint density at radius 2 is 1.85 bits per heavy atom. The second-order valence-electron chi connectivity index (χ2n) is 5.81. The number of ether oxygens (including phenoxy) is 1. The minimum atomic E-state index is -0.259. The van der Waals surface area contributed by atoms with Gasteiger partial charge in [-0.25, -0.2) is 0 Å². The highest BCUT2D eigenvalue weighted by molar-refractivity contribution is 6.29. The number of nitrogens with one attached hydrogen (secondary N) is 1. The highest BCUT2D eigenvalue weighted by Gasteiger charge is 2.12. The van der Waals surface area contributed by atoms with Crippen LogP contribution in [0.5, 0.6) is 11.5 Å². The third-order valence-electron chi connectivity index (χ3n) is 3.92. The third-order valence-corrected chi connectivity index (χ3v) is 4.16. The van der Waals surface area contributed by atoms with E-state index in [2.05, 4.69) is 10.3 Å². The Morgan fingerprint density at radius 3 is 2.59 bits per heavy atom. The molecule has 1 N–H and O–H groups in total. The van der Waals surface area contributed by atoms with Gasteiger partial charge >= 0.3 is 0 Å². The molecule has 4 aromatic rings. The number of carbonyl (C=O) groups excluding carboxylic acids is 1. The fourth-order valence-electron chi connectivity index (χ4n) is 2.67. The van der Waals surface area contributed by atoms with Crippen LogP contribution in [0.1, 0.15) is 0 Å². The van der Waals surface area contributed by atoms with E-state index < -0.39 is 0 Å². The number of pyridine rings is 1. The summed E-state index contributed by atoms with van der Waals surface area (Å²) in [5.74, 6) is 1.57. The van der Waals surface area contributed by atoms with E-state index in [4.69, 9.17) is 20.8 Å². The van der Waals surface area contributed by atoms with E-state index >= 15 is 0 Å². The van der Waals surface area contributed by atoms with Crippen LogP contribution in [0, 0.1) is 0 Å². The molecule has 0 radical (unpaired) electrons. The lowest BCUT2D eigenvalue weighted by atomic mass is 10.2. The summed E-state index contributed by atoms with van der Waals surface area (Å²) in [5, 5.41) is 2.68. The van der Waals surface area contributed by atoms with Crippen molar-refractivity contribution in [3.8, 4) is 22.8 Å². The highest BCUT2D eigenvalue weighted by Crippen LogP contribution is 2.34. The van der Waals surface area contributed by atoms with Crippen LogP contribution in [-0.4, -0.2) is 16.8 Å². The topological polar surface area (TPSA) is 64.4 Å². The lowest BCUT2D eigenvalue weighted by molar-refractivity contribution is -0.113. The molecule has 0 bridgehead atoms. The maximum absolute atomic E-state index is 11.3. The molecule has 1 amide bonds. The lowest BCUT2D eigenvalue weighted by Gasteiger charge is -2.07. The summed E-state index contributed by atoms with van der Waals surface area (Å²) in [6.07, 6.45) is 1.68. The van der Waals surface area contributed by atoms with Crippen molar-refractivity contribution < 1.29 is 13.9 Å². The average Bonchev–Trinajstić information content (AvgIpc) is 3.15. The number of hydrogen-bond donors (Lipinski definition) is 1. The molecule has 0 fully saturated rings. The zero-order valence-corrected chi connectivity index (χ0v) is 14.9. The molecule has 4 rings (SSSR count). The van der Waals surface area contributed by atoms with Gasteiger partial charge in [0.25, 0.3) is 0 Å². The first-order valence-electron chi connectivity index (χ1n) is 8.30. The SMILES string of the molecule is O=C(CCl)Nc1ccc(Oc2ccnc3cc(-c4ccccc4)oc23)cc1. The van der Waals surface area contributed by atoms with Gasteiger partial charge in [-0.2, -0.15) is 0 Å². The van der Waals surface area contributed by atoms with Crippen LogP contribution < -0.4 is 10.1 Å². The molecular weight excluding hydrogens is 364 g/mol. The first kappa shape index (κ1) is 17.1. The zero-order chi connectivity index (χ0) is 18.6. The maximum Gasteiger partial charge on any atom is 0.239 e. The number of carbonyl (C=O) groups is 1. The Balaban J connectivity index is 1.60. The van der Waals surface area contributed by atoms with Crippen molar-refractivity contribution in [3.63, 3.8) is 0 Å². The molecule has 2 aromatic carbocycles. The van der Waals surface area contributed by atoms with Crippen LogP contribution in [0.3, 0.4) is 0 Å². The normalized spacial score (nSPS) is 10.7. The number of nitrogens with zero attached hydrogens (tertiary/aromatic N) is 1. The first-order valence-corrected chi connectivity index (χ1v) is 8.84. The van der Waals surface area contributed by atoms with E-state index in [9.17, 15) is 4.79 Å². The summed E-state index contributed by atoms with van der Waals surface area (Å²) in [6.45, 7) is 0. The van der Waals surface area contributed by atoms with Crippen molar-refractivity contribution in [2.75, 3.05) is 11.2 Å². The Hall–Kier alpha value is -3.31. The fourth-order valence-corrected chi connectivity index (χ4v) is 2.73. The summed E-state index contributed by atoms with van der Waals surface area (Å²) >= 11 is 5.49. The molecule has 5 nitrogen and oxygen atoms in total. The number of alkyl halides is 1. The average molecular weight is 379 g/mol. The Labute approximate surface area is 160 Å². The molecule has 0 aliphatic heterocycles. The third kappa shape index (κ3) is 3.78. The van der Waals surface area contributed by atoms with E-state index in [-0.39, 0.29) is 11.8 Å². The van der Waals surface area contributed by atoms with Gasteiger partial charge in [0.05, 0.1) is 0 Å². The molecule has 0 atom stereocenters. The van der Waals surface area contributed by atoms with Gasteiger partial charge in [-0.3, -0.25) is 9.78 Å². The minimum Gasteiger partial charge on any atom is -0.453 e. The predicted octanol–water partition coefficient (Wildman–Crippen LogP) is 5.46. The molecule has 0 spiro atoms. The molecular formula is C21H15ClN2O3. The van der Waals surface area contributed by atoms with Gasteiger partial charge < -0.3 is 14.5 Å². The monoisotopic (exact) mass is 378 g/mol. The number of halogens is 1. The van der Waals surface area contributed by atoms with Crippen LogP contribution in [0.4, 0.5) is 5.69 Å². The molecule has 6 heteroatoms. The molecule has 0 aliphatic carbocycles. The Morgan fingerprint density at radius 1 is 1.07 bits per heavy atom. The first-order chi connectivity index (χ1) is 13.2. The molecule has 0 unspecified atom stereocenters. The van der Waals surface area contributed by atoms with Gasteiger partial charge in [0, 0.05) is 29.6 Å². The van der Waals surface area contributed by atoms with Gasteiger partial charge in [-0.05, 0) is 24.3 Å². The van der Waals surface area contributed by atoms with E-state index in [0.29, 0.717) is 22.8 Å². The van der Waals surface area contributed by atoms with Gasteiger partial charge in [-0.1, -0.05) is 30.3 Å². The molecule has 0 aliphatic rings. The summed E-state index contributed by atoms with van der Waals surface area (Å²) in [4.78, 5) is 15.7. The van der Waals surface area contributed by atoms with Crippen molar-refractivity contribution in [2.45, 2.75) is 0 Å². The van der Waals surface area contributed by atoms with E-state index in [0.717, 1.165) is 16.8 Å². The number of fused-ring (bicyclic) bond motifs is 1. The largest absolute Gasteiger partial charge is 0.453 e. The van der Waals surface area contributed by atoms with Crippen LogP contribution in [0.15, 0.2) is 77.3 Å². The summed E-state index contributed by atoms with van der Waals surface area (Å²) in [6, 6.07) is 20.5. The summed E-state index contributed by atoms with van der Waals surface area (Å²) in [7, 11) is 0. The number of benzene rings is 2. The number of amides is 1. The van der Waals surface area contributed by atoms with Crippen LogP contribution >= 0.6 is 11.6 Å². The van der Waals surface area contributed by atoms with Crippen molar-refractivity contribution in [1.29, 1.82) is 0 Å². The van der Waals surface area contributed by atoms with E-state index in [1.165, 1.54) is 0 Å². The van der Waals surface area contributed by atoms with E-state index in [1.54, 1.807) is 36.5 Å². The molecule has 134 valence electrons. The molecule has 27 heavy (non-hydrogen) atoms. The highest BCUT2D eigenvalue weighted by atomic mass is 35.5. The predicted molar refractivity (Wildman–Crippen MR) is 105 cm³/mol. The van der Waals surface area contributed by atoms with Crippen molar-refractivity contribution >= 4 is 34.3 Å². The molecule has 0 saturated heterocycles. The number of hydrogen-bond acceptors (Lipinski definition) is 4. The van der Waals surface area contributed by atoms with Crippen LogP contribution in [0.25, 0.3) is 22.4 Å². The molecule has 2 aromatic heterocycles. The number of aromatic nitrogens is 1. The van der Waals surface area contributed by atoms with Gasteiger partial charge in [0.2, 0.25) is 5.91 Å².